The standard InChI is InChI=1S/C20H21NO4/c1-4-21-17-10-5-13(2)11-16(17)20(24,19(21)23)12-18(22)14-6-8-15(25-3)9-7-14/h5-11,24H,4,12H2,1-3H3. The molecule has 5 heteroatoms. The molecule has 0 saturated carbocycles. The molecule has 3 rings (SSSR count). The van der Waals surface area contributed by atoms with Crippen molar-refractivity contribution in [2.24, 2.45) is 0 Å². The number of aliphatic hydroxyl groups is 1. The first-order valence-corrected chi connectivity index (χ1v) is 8.23. The van der Waals surface area contributed by atoms with Gasteiger partial charge in [0.15, 0.2) is 11.4 Å². The number of benzene rings is 2. The molecule has 1 atom stereocenters. The second kappa shape index (κ2) is 6.33. The number of likely N-dealkylation sites (N-methyl/N-ethyl adjacent to an activating group) is 1. The molecule has 2 aromatic carbocycles. The number of anilines is 1. The molecule has 0 saturated heterocycles. The molecule has 1 unspecified atom stereocenters. The molecule has 1 aliphatic rings. The number of methoxy groups -OCH3 is 1. The number of rotatable bonds is 5. The third-order valence-electron chi connectivity index (χ3n) is 4.63. The maximum atomic E-state index is 12.8. The van der Waals surface area contributed by atoms with Crippen molar-refractivity contribution < 1.29 is 19.4 Å². The van der Waals surface area contributed by atoms with Crippen LogP contribution in [0.5, 0.6) is 5.75 Å². The summed E-state index contributed by atoms with van der Waals surface area (Å²) in [6, 6.07) is 12.1. The first-order valence-electron chi connectivity index (χ1n) is 8.23. The number of hydrogen-bond donors (Lipinski definition) is 1. The van der Waals surface area contributed by atoms with Gasteiger partial charge in [-0.3, -0.25) is 9.59 Å². The molecule has 1 N–H and O–H groups in total. The van der Waals surface area contributed by atoms with Crippen LogP contribution in [0.1, 0.15) is 34.8 Å². The fourth-order valence-electron chi connectivity index (χ4n) is 3.26. The number of nitrogens with zero attached hydrogens (tertiary/aromatic N) is 1. The minimum Gasteiger partial charge on any atom is -0.497 e. The third kappa shape index (κ3) is 2.81. The quantitative estimate of drug-likeness (QED) is 0.851. The van der Waals surface area contributed by atoms with E-state index < -0.39 is 11.5 Å². The summed E-state index contributed by atoms with van der Waals surface area (Å²) in [5.41, 5.74) is 0.712. The lowest BCUT2D eigenvalue weighted by atomic mass is 9.87. The summed E-state index contributed by atoms with van der Waals surface area (Å²) in [4.78, 5) is 27.0. The molecule has 2 aromatic rings. The van der Waals surface area contributed by atoms with Crippen molar-refractivity contribution in [1.82, 2.24) is 0 Å². The highest BCUT2D eigenvalue weighted by Gasteiger charge is 2.50. The maximum absolute atomic E-state index is 12.8. The molecule has 0 spiro atoms. The molecule has 1 heterocycles. The molecule has 0 fully saturated rings. The number of hydrogen-bond acceptors (Lipinski definition) is 4. The maximum Gasteiger partial charge on any atom is 0.264 e. The van der Waals surface area contributed by atoms with Crippen LogP contribution in [0.2, 0.25) is 0 Å². The molecule has 0 radical (unpaired) electrons. The van der Waals surface area contributed by atoms with Crippen LogP contribution in [0.4, 0.5) is 5.69 Å². The van der Waals surface area contributed by atoms with Crippen LogP contribution in [0.15, 0.2) is 42.5 Å². The van der Waals surface area contributed by atoms with Crippen molar-refractivity contribution in [3.63, 3.8) is 0 Å². The van der Waals surface area contributed by atoms with Crippen LogP contribution in [-0.4, -0.2) is 30.5 Å². The predicted octanol–water partition coefficient (Wildman–Crippen LogP) is 2.83. The van der Waals surface area contributed by atoms with Gasteiger partial charge in [-0.1, -0.05) is 17.7 Å². The number of carbonyl (C=O) groups is 2. The zero-order valence-corrected chi connectivity index (χ0v) is 14.6. The van der Waals surface area contributed by atoms with Gasteiger partial charge in [-0.2, -0.15) is 0 Å². The summed E-state index contributed by atoms with van der Waals surface area (Å²) in [7, 11) is 1.55. The van der Waals surface area contributed by atoms with E-state index in [9.17, 15) is 14.7 Å². The average Bonchev–Trinajstić information content (AvgIpc) is 2.82. The number of Topliss-reactive ketones (excluding diaryl/α,β-unsaturated/α-hetero) is 1. The second-order valence-electron chi connectivity index (χ2n) is 6.26. The fourth-order valence-corrected chi connectivity index (χ4v) is 3.26. The smallest absolute Gasteiger partial charge is 0.264 e. The van der Waals surface area contributed by atoms with E-state index >= 15 is 0 Å². The Labute approximate surface area is 146 Å². The number of ketones is 1. The molecule has 130 valence electrons. The van der Waals surface area contributed by atoms with Gasteiger partial charge in [0.2, 0.25) is 0 Å². The van der Waals surface area contributed by atoms with Crippen LogP contribution in [0.3, 0.4) is 0 Å². The van der Waals surface area contributed by atoms with Gasteiger partial charge in [0.25, 0.3) is 5.91 Å². The Morgan fingerprint density at radius 1 is 1.20 bits per heavy atom. The van der Waals surface area contributed by atoms with Crippen LogP contribution in [0.25, 0.3) is 0 Å². The van der Waals surface area contributed by atoms with Crippen molar-refractivity contribution in [2.45, 2.75) is 25.9 Å². The monoisotopic (exact) mass is 339 g/mol. The number of amides is 1. The Balaban J connectivity index is 1.96. The summed E-state index contributed by atoms with van der Waals surface area (Å²) in [6.07, 6.45) is -0.287. The first kappa shape index (κ1) is 17.2. The molecule has 25 heavy (non-hydrogen) atoms. The van der Waals surface area contributed by atoms with E-state index in [1.54, 1.807) is 37.4 Å². The highest BCUT2D eigenvalue weighted by atomic mass is 16.5. The molecule has 0 aliphatic carbocycles. The highest BCUT2D eigenvalue weighted by Crippen LogP contribution is 2.43. The van der Waals surface area contributed by atoms with E-state index in [0.717, 1.165) is 5.56 Å². The highest BCUT2D eigenvalue weighted by molar-refractivity contribution is 6.10. The van der Waals surface area contributed by atoms with Crippen molar-refractivity contribution in [1.29, 1.82) is 0 Å². The Morgan fingerprint density at radius 3 is 2.48 bits per heavy atom. The van der Waals surface area contributed by atoms with Crippen molar-refractivity contribution >= 4 is 17.4 Å². The summed E-state index contributed by atoms with van der Waals surface area (Å²) in [5, 5.41) is 11.1. The van der Waals surface area contributed by atoms with E-state index in [-0.39, 0.29) is 12.2 Å². The summed E-state index contributed by atoms with van der Waals surface area (Å²) in [5.74, 6) is -0.0910. The van der Waals surface area contributed by atoms with Gasteiger partial charge >= 0.3 is 0 Å². The Hall–Kier alpha value is -2.66. The van der Waals surface area contributed by atoms with Crippen LogP contribution < -0.4 is 9.64 Å². The fraction of sp³-hybridized carbons (Fsp3) is 0.300. The summed E-state index contributed by atoms with van der Waals surface area (Å²) < 4.78 is 5.09. The minimum absolute atomic E-state index is 0.287. The average molecular weight is 339 g/mol. The van der Waals surface area contributed by atoms with Gasteiger partial charge in [-0.15, -0.1) is 0 Å². The largest absolute Gasteiger partial charge is 0.497 e. The SMILES string of the molecule is CCN1C(=O)C(O)(CC(=O)c2ccc(OC)cc2)c2cc(C)ccc21. The molecule has 1 amide bonds. The lowest BCUT2D eigenvalue weighted by molar-refractivity contribution is -0.135. The van der Waals surface area contributed by atoms with Crippen LogP contribution in [-0.2, 0) is 10.4 Å². The van der Waals surface area contributed by atoms with Gasteiger partial charge in [0, 0.05) is 17.7 Å². The topological polar surface area (TPSA) is 66.8 Å². The molecule has 1 aliphatic heterocycles. The normalized spacial score (nSPS) is 19.0. The first-order chi connectivity index (χ1) is 11.9. The van der Waals surface area contributed by atoms with E-state index in [4.69, 9.17) is 4.74 Å². The Bertz CT molecular complexity index is 828. The molecular formula is C20H21NO4. The van der Waals surface area contributed by atoms with E-state index in [0.29, 0.717) is 29.1 Å². The van der Waals surface area contributed by atoms with Gasteiger partial charge in [-0.05, 0) is 44.2 Å². The number of fused-ring (bicyclic) bond motifs is 1. The second-order valence-corrected chi connectivity index (χ2v) is 6.26. The molecule has 0 bridgehead atoms. The predicted molar refractivity (Wildman–Crippen MR) is 95.0 cm³/mol. The lowest BCUT2D eigenvalue weighted by Gasteiger charge is -2.22. The summed E-state index contributed by atoms with van der Waals surface area (Å²) in [6.45, 7) is 4.18. The van der Waals surface area contributed by atoms with E-state index in [1.807, 2.05) is 26.0 Å². The van der Waals surface area contributed by atoms with Crippen molar-refractivity contribution in [3.8, 4) is 5.75 Å². The number of aryl methyl sites for hydroxylation is 1. The summed E-state index contributed by atoms with van der Waals surface area (Å²) >= 11 is 0. The molecule has 5 nitrogen and oxygen atoms in total. The van der Waals surface area contributed by atoms with Gasteiger partial charge in [-0.25, -0.2) is 0 Å². The van der Waals surface area contributed by atoms with Crippen molar-refractivity contribution in [3.05, 3.63) is 59.2 Å². The van der Waals surface area contributed by atoms with E-state index in [1.165, 1.54) is 4.90 Å². The lowest BCUT2D eigenvalue weighted by Crippen LogP contribution is -2.41. The van der Waals surface area contributed by atoms with Crippen LogP contribution in [0, 0.1) is 6.92 Å². The van der Waals surface area contributed by atoms with Gasteiger partial charge in [0.05, 0.1) is 19.2 Å². The molecule has 0 aromatic heterocycles. The third-order valence-corrected chi connectivity index (χ3v) is 4.63. The van der Waals surface area contributed by atoms with Gasteiger partial charge < -0.3 is 14.7 Å². The van der Waals surface area contributed by atoms with Crippen molar-refractivity contribution in [2.75, 3.05) is 18.6 Å². The van der Waals surface area contributed by atoms with Crippen LogP contribution >= 0.6 is 0 Å². The molecular weight excluding hydrogens is 318 g/mol. The van der Waals surface area contributed by atoms with Gasteiger partial charge in [0.1, 0.15) is 5.75 Å². The Kier molecular flexibility index (Phi) is 4.35. The Morgan fingerprint density at radius 2 is 1.88 bits per heavy atom. The number of carbonyl (C=O) groups excluding carboxylic acids is 2. The zero-order valence-electron chi connectivity index (χ0n) is 14.6. The number of ether oxygens (including phenoxy) is 1. The van der Waals surface area contributed by atoms with E-state index in [2.05, 4.69) is 0 Å². The zero-order chi connectivity index (χ0) is 18.2. The minimum atomic E-state index is -1.83.